The maximum Gasteiger partial charge on any atom is 0.338 e. The van der Waals surface area contributed by atoms with E-state index in [9.17, 15) is 19.2 Å². The first-order valence-electron chi connectivity index (χ1n) is 9.07. The van der Waals surface area contributed by atoms with E-state index in [0.29, 0.717) is 12.0 Å². The van der Waals surface area contributed by atoms with Crippen LogP contribution >= 0.6 is 11.8 Å². The summed E-state index contributed by atoms with van der Waals surface area (Å²) in [6.45, 7) is -0.224. The Kier molecular flexibility index (Phi) is 7.02. The van der Waals surface area contributed by atoms with E-state index in [1.165, 1.54) is 0 Å². The monoisotopic (exact) mass is 412 g/mol. The Labute approximate surface area is 172 Å². The molecule has 0 unspecified atom stereocenters. The molecule has 0 spiro atoms. The fraction of sp³-hybridized carbons (Fsp3) is 0.238. The molecule has 150 valence electrons. The summed E-state index contributed by atoms with van der Waals surface area (Å²) < 4.78 is 5.13. The van der Waals surface area contributed by atoms with Crippen LogP contribution in [0.4, 0.5) is 4.79 Å². The molecule has 29 heavy (non-hydrogen) atoms. The van der Waals surface area contributed by atoms with Gasteiger partial charge in [-0.1, -0.05) is 60.3 Å². The number of carbonyl (C=O) groups is 4. The fourth-order valence-electron chi connectivity index (χ4n) is 2.85. The van der Waals surface area contributed by atoms with Crippen LogP contribution in [0.5, 0.6) is 0 Å². The van der Waals surface area contributed by atoms with Gasteiger partial charge in [0.1, 0.15) is 0 Å². The molecule has 0 aromatic heterocycles. The van der Waals surface area contributed by atoms with Crippen molar-refractivity contribution in [2.45, 2.75) is 6.42 Å². The van der Waals surface area contributed by atoms with Crippen molar-refractivity contribution in [2.24, 2.45) is 0 Å². The highest BCUT2D eigenvalue weighted by Crippen LogP contribution is 2.18. The Hall–Kier alpha value is -3.13. The van der Waals surface area contributed by atoms with Gasteiger partial charge in [0.2, 0.25) is 5.91 Å². The molecule has 1 fully saturated rings. The van der Waals surface area contributed by atoms with Crippen LogP contribution in [-0.4, -0.2) is 53.4 Å². The maximum absolute atomic E-state index is 12.4. The van der Waals surface area contributed by atoms with Gasteiger partial charge in [-0.25, -0.2) is 4.79 Å². The number of amides is 3. The molecule has 1 N–H and O–H groups in total. The minimum atomic E-state index is -0.576. The molecule has 2 aromatic carbocycles. The summed E-state index contributed by atoms with van der Waals surface area (Å²) in [5, 5.41) is 2.23. The summed E-state index contributed by atoms with van der Waals surface area (Å²) in [6.07, 6.45) is 0.578. The zero-order chi connectivity index (χ0) is 20.6. The van der Waals surface area contributed by atoms with E-state index in [0.717, 1.165) is 27.8 Å². The Morgan fingerprint density at radius 2 is 1.76 bits per heavy atom. The van der Waals surface area contributed by atoms with E-state index >= 15 is 0 Å². The predicted octanol–water partition coefficient (Wildman–Crippen LogP) is 2.25. The van der Waals surface area contributed by atoms with Gasteiger partial charge in [-0.15, -0.1) is 0 Å². The van der Waals surface area contributed by atoms with Crippen LogP contribution in [0, 0.1) is 0 Å². The van der Waals surface area contributed by atoms with Gasteiger partial charge in [-0.05, 0) is 23.6 Å². The van der Waals surface area contributed by atoms with Crippen LogP contribution in [0.2, 0.25) is 0 Å². The van der Waals surface area contributed by atoms with Crippen LogP contribution in [0.15, 0.2) is 54.6 Å². The molecule has 1 aliphatic rings. The van der Waals surface area contributed by atoms with Crippen molar-refractivity contribution in [3.8, 4) is 0 Å². The molecule has 2 aromatic rings. The Bertz CT molecular complexity index is 900. The van der Waals surface area contributed by atoms with Gasteiger partial charge >= 0.3 is 5.97 Å². The summed E-state index contributed by atoms with van der Waals surface area (Å²) in [5.41, 5.74) is 2.29. The Balaban J connectivity index is 1.48. The predicted molar refractivity (Wildman–Crippen MR) is 109 cm³/mol. The molecule has 0 saturated carbocycles. The van der Waals surface area contributed by atoms with Crippen molar-refractivity contribution in [1.29, 1.82) is 0 Å². The SMILES string of the molecule is O=C(COC(=O)c1ccccc1Cc1ccccc1)NCCN1C(=O)CSC1=O. The average Bonchev–Trinajstić information content (AvgIpc) is 3.05. The van der Waals surface area contributed by atoms with E-state index in [-0.39, 0.29) is 30.0 Å². The third kappa shape index (κ3) is 5.68. The average molecular weight is 412 g/mol. The summed E-state index contributed by atoms with van der Waals surface area (Å²) in [5.74, 6) is -1.21. The van der Waals surface area contributed by atoms with Crippen molar-refractivity contribution >= 4 is 34.8 Å². The number of nitrogens with zero attached hydrogens (tertiary/aromatic N) is 1. The Morgan fingerprint density at radius 3 is 2.48 bits per heavy atom. The number of rotatable bonds is 8. The fourth-order valence-corrected chi connectivity index (χ4v) is 3.61. The first-order chi connectivity index (χ1) is 14.0. The number of thioether (sulfide) groups is 1. The van der Waals surface area contributed by atoms with Crippen molar-refractivity contribution in [3.63, 3.8) is 0 Å². The number of hydrogen-bond donors (Lipinski definition) is 1. The van der Waals surface area contributed by atoms with E-state index in [1.54, 1.807) is 12.1 Å². The summed E-state index contributed by atoms with van der Waals surface area (Å²) in [6, 6.07) is 16.9. The number of benzene rings is 2. The van der Waals surface area contributed by atoms with E-state index in [1.807, 2.05) is 42.5 Å². The van der Waals surface area contributed by atoms with Gasteiger partial charge in [0.05, 0.1) is 11.3 Å². The molecule has 0 aliphatic carbocycles. The van der Waals surface area contributed by atoms with Crippen LogP contribution in [0.1, 0.15) is 21.5 Å². The lowest BCUT2D eigenvalue weighted by Crippen LogP contribution is -2.38. The molecule has 0 radical (unpaired) electrons. The molecule has 0 atom stereocenters. The standard InChI is InChI=1S/C21H20N2O5S/c24-18(22-10-11-23-19(25)14-29-21(23)27)13-28-20(26)17-9-5-4-8-16(17)12-15-6-2-1-3-7-15/h1-9H,10-14H2,(H,22,24). The molecule has 3 amide bonds. The molecule has 3 rings (SSSR count). The van der Waals surface area contributed by atoms with Gasteiger partial charge < -0.3 is 10.1 Å². The summed E-state index contributed by atoms with van der Waals surface area (Å²) in [4.78, 5) is 48.4. The molecule has 8 heteroatoms. The van der Waals surface area contributed by atoms with Crippen molar-refractivity contribution in [3.05, 3.63) is 71.3 Å². The second-order valence-electron chi connectivity index (χ2n) is 6.35. The lowest BCUT2D eigenvalue weighted by molar-refractivity contribution is -0.126. The third-order valence-corrected chi connectivity index (χ3v) is 5.17. The number of esters is 1. The maximum atomic E-state index is 12.4. The van der Waals surface area contributed by atoms with Gasteiger partial charge in [0.15, 0.2) is 6.61 Å². The number of imide groups is 1. The first-order valence-corrected chi connectivity index (χ1v) is 10.1. The Morgan fingerprint density at radius 1 is 1.03 bits per heavy atom. The quantitative estimate of drug-likeness (QED) is 0.669. The zero-order valence-corrected chi connectivity index (χ0v) is 16.4. The van der Waals surface area contributed by atoms with Gasteiger partial charge in [0.25, 0.3) is 11.1 Å². The highest BCUT2D eigenvalue weighted by Gasteiger charge is 2.29. The van der Waals surface area contributed by atoms with Crippen LogP contribution in [0.25, 0.3) is 0 Å². The lowest BCUT2D eigenvalue weighted by atomic mass is 10.00. The lowest BCUT2D eigenvalue weighted by Gasteiger charge is -2.13. The van der Waals surface area contributed by atoms with E-state index in [4.69, 9.17) is 4.74 Å². The summed E-state index contributed by atoms with van der Waals surface area (Å²) >= 11 is 0.941. The van der Waals surface area contributed by atoms with Gasteiger partial charge in [-0.3, -0.25) is 19.3 Å². The normalized spacial score (nSPS) is 13.4. The molecule has 1 heterocycles. The van der Waals surface area contributed by atoms with Crippen LogP contribution in [0.3, 0.4) is 0 Å². The molecular formula is C21H20N2O5S. The van der Waals surface area contributed by atoms with E-state index < -0.39 is 18.5 Å². The highest BCUT2D eigenvalue weighted by molar-refractivity contribution is 8.14. The smallest absolute Gasteiger partial charge is 0.338 e. The number of ether oxygens (including phenoxy) is 1. The number of nitrogens with one attached hydrogen (secondary N) is 1. The first kappa shape index (κ1) is 20.6. The summed E-state index contributed by atoms with van der Waals surface area (Å²) in [7, 11) is 0. The minimum Gasteiger partial charge on any atom is -0.452 e. The third-order valence-electron chi connectivity index (χ3n) is 4.31. The second-order valence-corrected chi connectivity index (χ2v) is 7.27. The van der Waals surface area contributed by atoms with Crippen LogP contribution in [-0.2, 0) is 20.7 Å². The molecular weight excluding hydrogens is 392 g/mol. The van der Waals surface area contributed by atoms with E-state index in [2.05, 4.69) is 5.32 Å². The van der Waals surface area contributed by atoms with Gasteiger partial charge in [0, 0.05) is 13.1 Å². The number of carbonyl (C=O) groups excluding carboxylic acids is 4. The minimum absolute atomic E-state index is 0.101. The van der Waals surface area contributed by atoms with Crippen molar-refractivity contribution in [2.75, 3.05) is 25.4 Å². The molecule has 0 bridgehead atoms. The molecule has 1 aliphatic heterocycles. The second kappa shape index (κ2) is 9.88. The zero-order valence-electron chi connectivity index (χ0n) is 15.6. The largest absolute Gasteiger partial charge is 0.452 e. The van der Waals surface area contributed by atoms with Crippen LogP contribution < -0.4 is 5.32 Å². The highest BCUT2D eigenvalue weighted by atomic mass is 32.2. The topological polar surface area (TPSA) is 92.8 Å². The van der Waals surface area contributed by atoms with Crippen molar-refractivity contribution < 1.29 is 23.9 Å². The molecule has 1 saturated heterocycles. The molecule has 7 nitrogen and oxygen atoms in total. The van der Waals surface area contributed by atoms with Crippen molar-refractivity contribution in [1.82, 2.24) is 10.2 Å². The van der Waals surface area contributed by atoms with Gasteiger partial charge in [-0.2, -0.15) is 0 Å². The number of hydrogen-bond acceptors (Lipinski definition) is 6.